The topological polar surface area (TPSA) is 96.5 Å². The molecule has 3 rings (SSSR count). The minimum Gasteiger partial charge on any atom is -0.493 e. The van der Waals surface area contributed by atoms with E-state index < -0.39 is 11.8 Å². The van der Waals surface area contributed by atoms with Crippen LogP contribution in [0, 0.1) is 5.92 Å². The molecule has 3 N–H and O–H groups in total. The van der Waals surface area contributed by atoms with Gasteiger partial charge in [-0.3, -0.25) is 25.2 Å². The lowest BCUT2D eigenvalue weighted by atomic mass is 9.88. The Balaban J connectivity index is 1.48. The van der Waals surface area contributed by atoms with Crippen molar-refractivity contribution in [2.24, 2.45) is 5.92 Å². The molecule has 0 aromatic heterocycles. The second-order valence-corrected chi connectivity index (χ2v) is 8.72. The lowest BCUT2D eigenvalue weighted by molar-refractivity contribution is -0.120. The Kier molecular flexibility index (Phi) is 9.95. The van der Waals surface area contributed by atoms with Crippen LogP contribution in [0.25, 0.3) is 0 Å². The van der Waals surface area contributed by atoms with Gasteiger partial charge in [0.05, 0.1) is 12.2 Å². The first-order chi connectivity index (χ1) is 16.6. The number of hydrogen-bond donors (Lipinski definition) is 3. The molecule has 1 saturated carbocycles. The van der Waals surface area contributed by atoms with Gasteiger partial charge < -0.3 is 10.1 Å². The Morgan fingerprint density at radius 3 is 2.29 bits per heavy atom. The molecule has 3 amide bonds. The predicted molar refractivity (Wildman–Crippen MR) is 133 cm³/mol. The van der Waals surface area contributed by atoms with Crippen molar-refractivity contribution in [2.45, 2.75) is 64.7 Å². The summed E-state index contributed by atoms with van der Waals surface area (Å²) in [5.41, 5.74) is 6.27. The number of nitrogens with one attached hydrogen (secondary N) is 3. The Morgan fingerprint density at radius 1 is 0.853 bits per heavy atom. The fourth-order valence-corrected chi connectivity index (χ4v) is 4.06. The van der Waals surface area contributed by atoms with Crippen molar-refractivity contribution in [1.29, 1.82) is 0 Å². The highest BCUT2D eigenvalue weighted by molar-refractivity contribution is 6.00. The molecule has 0 atom stereocenters. The molecule has 0 aliphatic heterocycles. The number of carbonyl (C=O) groups excluding carboxylic acids is 3. The quantitative estimate of drug-likeness (QED) is 0.330. The Morgan fingerprint density at radius 2 is 1.56 bits per heavy atom. The van der Waals surface area contributed by atoms with Gasteiger partial charge in [0.1, 0.15) is 5.75 Å². The number of anilines is 1. The van der Waals surface area contributed by atoms with Crippen LogP contribution in [0.2, 0.25) is 0 Å². The summed E-state index contributed by atoms with van der Waals surface area (Å²) in [5.74, 6) is -0.306. The zero-order valence-electron chi connectivity index (χ0n) is 19.9. The second kappa shape index (κ2) is 13.4. The van der Waals surface area contributed by atoms with Crippen LogP contribution in [0.15, 0.2) is 48.5 Å². The average Bonchev–Trinajstić information content (AvgIpc) is 2.88. The van der Waals surface area contributed by atoms with Crippen molar-refractivity contribution in [3.63, 3.8) is 0 Å². The molecule has 0 spiro atoms. The zero-order chi connectivity index (χ0) is 24.2. The Labute approximate surface area is 201 Å². The lowest BCUT2D eigenvalue weighted by Crippen LogP contribution is -2.41. The number of rotatable bonds is 10. The van der Waals surface area contributed by atoms with E-state index in [4.69, 9.17) is 4.74 Å². The first kappa shape index (κ1) is 25.3. The summed E-state index contributed by atoms with van der Waals surface area (Å²) in [5, 5.41) is 2.93. The molecule has 0 saturated heterocycles. The van der Waals surface area contributed by atoms with Crippen molar-refractivity contribution in [2.75, 3.05) is 11.9 Å². The smallest absolute Gasteiger partial charge is 0.273 e. The summed E-state index contributed by atoms with van der Waals surface area (Å²) in [4.78, 5) is 37.5. The van der Waals surface area contributed by atoms with Crippen LogP contribution in [-0.2, 0) is 4.79 Å². The summed E-state index contributed by atoms with van der Waals surface area (Å²) >= 11 is 0. The SMILES string of the molecule is CCCCCCOc1ccccc1C(=O)NNC(=O)c1ccc(NC(=O)C2CCCCC2)cc1. The number of amides is 3. The molecule has 0 bridgehead atoms. The lowest BCUT2D eigenvalue weighted by Gasteiger charge is -2.20. The maximum absolute atomic E-state index is 12.6. The van der Waals surface area contributed by atoms with Gasteiger partial charge in [0.25, 0.3) is 11.8 Å². The van der Waals surface area contributed by atoms with Gasteiger partial charge in [-0.25, -0.2) is 0 Å². The fourth-order valence-electron chi connectivity index (χ4n) is 4.06. The van der Waals surface area contributed by atoms with Crippen molar-refractivity contribution in [1.82, 2.24) is 10.9 Å². The van der Waals surface area contributed by atoms with Crippen LogP contribution >= 0.6 is 0 Å². The van der Waals surface area contributed by atoms with Gasteiger partial charge in [0.15, 0.2) is 0 Å². The van der Waals surface area contributed by atoms with E-state index >= 15 is 0 Å². The molecule has 1 aliphatic carbocycles. The molecule has 2 aromatic carbocycles. The van der Waals surface area contributed by atoms with Gasteiger partial charge in [-0.1, -0.05) is 57.6 Å². The molecule has 2 aromatic rings. The number of unbranched alkanes of at least 4 members (excludes halogenated alkanes) is 3. The third-order valence-corrected chi connectivity index (χ3v) is 6.07. The minimum atomic E-state index is -0.450. The Hall–Kier alpha value is -3.35. The second-order valence-electron chi connectivity index (χ2n) is 8.72. The maximum atomic E-state index is 12.6. The molecule has 0 radical (unpaired) electrons. The van der Waals surface area contributed by atoms with Crippen LogP contribution in [-0.4, -0.2) is 24.3 Å². The Bertz CT molecular complexity index is 953. The van der Waals surface area contributed by atoms with Gasteiger partial charge in [0, 0.05) is 17.2 Å². The third kappa shape index (κ3) is 7.61. The summed E-state index contributed by atoms with van der Waals surface area (Å²) in [6.07, 6.45) is 9.57. The standard InChI is InChI=1S/C27H35N3O4/c1-2-3-4-10-19-34-24-14-9-8-13-23(24)27(33)30-29-26(32)21-15-17-22(18-16-21)28-25(31)20-11-6-5-7-12-20/h8-9,13-18,20H,2-7,10-12,19H2,1H3,(H,28,31)(H,29,32)(H,30,33). The van der Waals surface area contributed by atoms with E-state index in [1.165, 1.54) is 6.42 Å². The predicted octanol–water partition coefficient (Wildman–Crippen LogP) is 5.24. The van der Waals surface area contributed by atoms with Crippen LogP contribution in [0.4, 0.5) is 5.69 Å². The number of hydrogen-bond acceptors (Lipinski definition) is 4. The average molecular weight is 466 g/mol. The van der Waals surface area contributed by atoms with Crippen LogP contribution in [0.3, 0.4) is 0 Å². The number of carbonyl (C=O) groups is 3. The van der Waals surface area contributed by atoms with Crippen molar-refractivity contribution < 1.29 is 19.1 Å². The van der Waals surface area contributed by atoms with E-state index in [1.807, 2.05) is 6.07 Å². The molecular weight excluding hydrogens is 430 g/mol. The molecular formula is C27H35N3O4. The highest BCUT2D eigenvalue weighted by Crippen LogP contribution is 2.25. The number of para-hydroxylation sites is 1. The molecule has 1 fully saturated rings. The monoisotopic (exact) mass is 465 g/mol. The highest BCUT2D eigenvalue weighted by atomic mass is 16.5. The van der Waals surface area contributed by atoms with Crippen molar-refractivity contribution in [3.05, 3.63) is 59.7 Å². The molecule has 0 unspecified atom stereocenters. The molecule has 1 aliphatic rings. The van der Waals surface area contributed by atoms with E-state index in [9.17, 15) is 14.4 Å². The molecule has 34 heavy (non-hydrogen) atoms. The van der Waals surface area contributed by atoms with E-state index in [1.54, 1.807) is 42.5 Å². The highest BCUT2D eigenvalue weighted by Gasteiger charge is 2.21. The van der Waals surface area contributed by atoms with Gasteiger partial charge in [0.2, 0.25) is 5.91 Å². The van der Waals surface area contributed by atoms with Gasteiger partial charge in [-0.2, -0.15) is 0 Å². The zero-order valence-corrected chi connectivity index (χ0v) is 19.9. The maximum Gasteiger partial charge on any atom is 0.273 e. The number of benzene rings is 2. The summed E-state index contributed by atoms with van der Waals surface area (Å²) in [6.45, 7) is 2.69. The largest absolute Gasteiger partial charge is 0.493 e. The van der Waals surface area contributed by atoms with Gasteiger partial charge in [-0.05, 0) is 55.7 Å². The molecule has 0 heterocycles. The van der Waals surface area contributed by atoms with Crippen molar-refractivity contribution in [3.8, 4) is 5.75 Å². The summed E-state index contributed by atoms with van der Waals surface area (Å²) in [6, 6.07) is 13.6. The molecule has 7 heteroatoms. The van der Waals surface area contributed by atoms with Crippen LogP contribution in [0.5, 0.6) is 5.75 Å². The van der Waals surface area contributed by atoms with E-state index in [-0.39, 0.29) is 11.8 Å². The van der Waals surface area contributed by atoms with Crippen molar-refractivity contribution >= 4 is 23.4 Å². The molecule has 182 valence electrons. The van der Waals surface area contributed by atoms with E-state index in [0.29, 0.717) is 29.2 Å². The van der Waals surface area contributed by atoms with Crippen LogP contribution in [0.1, 0.15) is 85.4 Å². The first-order valence-corrected chi connectivity index (χ1v) is 12.3. The summed E-state index contributed by atoms with van der Waals surface area (Å²) in [7, 11) is 0. The fraction of sp³-hybridized carbons (Fsp3) is 0.444. The number of hydrazine groups is 1. The normalized spacial score (nSPS) is 13.7. The molecule has 7 nitrogen and oxygen atoms in total. The third-order valence-electron chi connectivity index (χ3n) is 6.07. The number of ether oxygens (including phenoxy) is 1. The summed E-state index contributed by atoms with van der Waals surface area (Å²) < 4.78 is 5.78. The van der Waals surface area contributed by atoms with Gasteiger partial charge >= 0.3 is 0 Å². The van der Waals surface area contributed by atoms with E-state index in [0.717, 1.165) is 51.4 Å². The van der Waals surface area contributed by atoms with E-state index in [2.05, 4.69) is 23.1 Å². The van der Waals surface area contributed by atoms with Gasteiger partial charge in [-0.15, -0.1) is 0 Å². The first-order valence-electron chi connectivity index (χ1n) is 12.3. The van der Waals surface area contributed by atoms with Crippen LogP contribution < -0.4 is 20.9 Å². The minimum absolute atomic E-state index is 0.0374.